The summed E-state index contributed by atoms with van der Waals surface area (Å²) in [6.07, 6.45) is 6.58. The third-order valence-electron chi connectivity index (χ3n) is 2.68. The van der Waals surface area contributed by atoms with Crippen LogP contribution in [0.4, 0.5) is 0 Å². The van der Waals surface area contributed by atoms with Crippen molar-refractivity contribution < 1.29 is 14.4 Å². The molecule has 0 bridgehead atoms. The van der Waals surface area contributed by atoms with Crippen LogP contribution in [0.3, 0.4) is 0 Å². The first-order valence-corrected chi connectivity index (χ1v) is 5.91. The highest BCUT2D eigenvalue weighted by Gasteiger charge is 2.15. The summed E-state index contributed by atoms with van der Waals surface area (Å²) in [5, 5.41) is 2.63. The van der Waals surface area contributed by atoms with Gasteiger partial charge in [0.05, 0.1) is 0 Å². The molecule has 0 atom stereocenters. The fourth-order valence-electron chi connectivity index (χ4n) is 1.77. The Morgan fingerprint density at radius 3 is 2.94 bits per heavy atom. The molecule has 94 valence electrons. The van der Waals surface area contributed by atoms with Crippen LogP contribution in [-0.4, -0.2) is 42.6 Å². The minimum absolute atomic E-state index is 0.167. The molecule has 17 heavy (non-hydrogen) atoms. The Hall–Kier alpha value is -1.65. The molecule has 0 aromatic heterocycles. The van der Waals surface area contributed by atoms with E-state index in [2.05, 4.69) is 5.32 Å². The summed E-state index contributed by atoms with van der Waals surface area (Å²) in [7, 11) is 0. The molecule has 5 heteroatoms. The fraction of sp³-hybridized carbons (Fsp3) is 0.583. The van der Waals surface area contributed by atoms with Gasteiger partial charge in [-0.15, -0.1) is 0 Å². The molecule has 0 saturated carbocycles. The number of nitrogens with zero attached hydrogens (tertiary/aromatic N) is 1. The van der Waals surface area contributed by atoms with Gasteiger partial charge in [0.2, 0.25) is 11.8 Å². The smallest absolute Gasteiger partial charge is 0.244 e. The van der Waals surface area contributed by atoms with Crippen LogP contribution in [0.15, 0.2) is 12.2 Å². The number of carbonyl (C=O) groups excluding carboxylic acids is 3. The van der Waals surface area contributed by atoms with Gasteiger partial charge < -0.3 is 10.2 Å². The Kier molecular flexibility index (Phi) is 5.99. The van der Waals surface area contributed by atoms with Crippen LogP contribution in [0, 0.1) is 0 Å². The number of hydrogen-bond donors (Lipinski definition) is 1. The molecule has 1 N–H and O–H groups in total. The van der Waals surface area contributed by atoms with E-state index in [4.69, 9.17) is 0 Å². The molecule has 5 nitrogen and oxygen atoms in total. The van der Waals surface area contributed by atoms with Crippen molar-refractivity contribution in [2.45, 2.75) is 25.7 Å². The first kappa shape index (κ1) is 13.4. The first-order chi connectivity index (χ1) is 8.24. The lowest BCUT2D eigenvalue weighted by Gasteiger charge is -2.20. The largest absolute Gasteiger partial charge is 0.351 e. The number of hydrogen-bond acceptors (Lipinski definition) is 3. The third kappa shape index (κ3) is 5.29. The fourth-order valence-corrected chi connectivity index (χ4v) is 1.77. The van der Waals surface area contributed by atoms with Crippen LogP contribution in [0.5, 0.6) is 0 Å². The van der Waals surface area contributed by atoms with Crippen LogP contribution in [-0.2, 0) is 14.4 Å². The maximum absolute atomic E-state index is 11.6. The second-order valence-corrected chi connectivity index (χ2v) is 3.98. The second-order valence-electron chi connectivity index (χ2n) is 3.98. The average molecular weight is 238 g/mol. The van der Waals surface area contributed by atoms with E-state index in [0.29, 0.717) is 25.8 Å². The molecular formula is C12H18N2O3. The number of allylic oxidation sites excluding steroid dienone is 1. The van der Waals surface area contributed by atoms with Gasteiger partial charge in [-0.1, -0.05) is 6.42 Å². The molecule has 0 aliphatic carbocycles. The van der Waals surface area contributed by atoms with Crippen LogP contribution in [0.25, 0.3) is 0 Å². The summed E-state index contributed by atoms with van der Waals surface area (Å²) in [5.74, 6) is -0.139. The second kappa shape index (κ2) is 7.60. The SMILES string of the molecule is O=C/C=C\C(=O)NCCN1CCCCCC1=O. The van der Waals surface area contributed by atoms with E-state index in [-0.39, 0.29) is 11.8 Å². The number of rotatable bonds is 5. The van der Waals surface area contributed by atoms with Crippen LogP contribution < -0.4 is 5.32 Å². The predicted octanol–water partition coefficient (Wildman–Crippen LogP) is 0.260. The lowest BCUT2D eigenvalue weighted by molar-refractivity contribution is -0.131. The number of amides is 2. The molecule has 1 heterocycles. The van der Waals surface area contributed by atoms with E-state index in [1.165, 1.54) is 6.08 Å². The molecule has 1 saturated heterocycles. The van der Waals surface area contributed by atoms with Gasteiger partial charge in [-0.2, -0.15) is 0 Å². The number of nitrogens with one attached hydrogen (secondary N) is 1. The van der Waals surface area contributed by atoms with Crippen molar-refractivity contribution in [2.75, 3.05) is 19.6 Å². The van der Waals surface area contributed by atoms with Gasteiger partial charge >= 0.3 is 0 Å². The zero-order valence-electron chi connectivity index (χ0n) is 9.85. The minimum Gasteiger partial charge on any atom is -0.351 e. The molecule has 0 aromatic rings. The summed E-state index contributed by atoms with van der Waals surface area (Å²) in [5.41, 5.74) is 0. The topological polar surface area (TPSA) is 66.5 Å². The molecule has 0 radical (unpaired) electrons. The van der Waals surface area contributed by atoms with E-state index in [1.807, 2.05) is 0 Å². The van der Waals surface area contributed by atoms with Crippen molar-refractivity contribution in [2.24, 2.45) is 0 Å². The van der Waals surface area contributed by atoms with Gasteiger partial charge in [-0.3, -0.25) is 14.4 Å². The summed E-state index contributed by atoms with van der Waals surface area (Å²) in [6, 6.07) is 0. The van der Waals surface area contributed by atoms with Gasteiger partial charge in [0.25, 0.3) is 0 Å². The Morgan fingerprint density at radius 1 is 1.35 bits per heavy atom. The van der Waals surface area contributed by atoms with Crippen molar-refractivity contribution in [1.29, 1.82) is 0 Å². The Labute approximate surface area is 101 Å². The number of aldehydes is 1. The molecule has 1 rings (SSSR count). The zero-order chi connectivity index (χ0) is 12.5. The molecule has 1 fully saturated rings. The molecular weight excluding hydrogens is 220 g/mol. The summed E-state index contributed by atoms with van der Waals surface area (Å²) < 4.78 is 0. The van der Waals surface area contributed by atoms with E-state index in [1.54, 1.807) is 4.90 Å². The highest BCUT2D eigenvalue weighted by atomic mass is 16.2. The number of likely N-dealkylation sites (tertiary alicyclic amines) is 1. The lowest BCUT2D eigenvalue weighted by Crippen LogP contribution is -2.37. The first-order valence-electron chi connectivity index (χ1n) is 5.91. The molecule has 1 aliphatic heterocycles. The van der Waals surface area contributed by atoms with Gasteiger partial charge in [0.1, 0.15) is 6.29 Å². The average Bonchev–Trinajstić information content (AvgIpc) is 2.52. The lowest BCUT2D eigenvalue weighted by atomic mass is 10.2. The van der Waals surface area contributed by atoms with Crippen molar-refractivity contribution in [3.63, 3.8) is 0 Å². The quantitative estimate of drug-likeness (QED) is 0.552. The standard InChI is InChI=1S/C12H18N2O3/c15-10-4-5-11(16)13-7-9-14-8-3-1-2-6-12(14)17/h4-5,10H,1-3,6-9H2,(H,13,16)/b5-4-. The predicted molar refractivity (Wildman–Crippen MR) is 63.3 cm³/mol. The highest BCUT2D eigenvalue weighted by molar-refractivity contribution is 5.90. The van der Waals surface area contributed by atoms with Crippen LogP contribution in [0.2, 0.25) is 0 Å². The van der Waals surface area contributed by atoms with Crippen molar-refractivity contribution in [3.8, 4) is 0 Å². The maximum Gasteiger partial charge on any atom is 0.244 e. The van der Waals surface area contributed by atoms with Gasteiger partial charge in [-0.25, -0.2) is 0 Å². The van der Waals surface area contributed by atoms with E-state index < -0.39 is 0 Å². The Balaban J connectivity index is 2.24. The summed E-state index contributed by atoms with van der Waals surface area (Å²) in [4.78, 5) is 34.5. The molecule has 0 aromatic carbocycles. The van der Waals surface area contributed by atoms with E-state index in [9.17, 15) is 14.4 Å². The van der Waals surface area contributed by atoms with E-state index >= 15 is 0 Å². The third-order valence-corrected chi connectivity index (χ3v) is 2.68. The Morgan fingerprint density at radius 2 is 2.18 bits per heavy atom. The van der Waals surface area contributed by atoms with Crippen molar-refractivity contribution in [3.05, 3.63) is 12.2 Å². The maximum atomic E-state index is 11.6. The van der Waals surface area contributed by atoms with Crippen molar-refractivity contribution in [1.82, 2.24) is 10.2 Å². The monoisotopic (exact) mass is 238 g/mol. The molecule has 0 unspecified atom stereocenters. The molecule has 1 aliphatic rings. The highest BCUT2D eigenvalue weighted by Crippen LogP contribution is 2.10. The Bertz CT molecular complexity index is 313. The normalized spacial score (nSPS) is 16.9. The van der Waals surface area contributed by atoms with Gasteiger partial charge in [0, 0.05) is 32.1 Å². The van der Waals surface area contributed by atoms with Crippen LogP contribution in [0.1, 0.15) is 25.7 Å². The molecule has 2 amide bonds. The number of carbonyl (C=O) groups is 3. The minimum atomic E-state index is -0.306. The molecule has 0 spiro atoms. The van der Waals surface area contributed by atoms with Gasteiger partial charge in [-0.05, 0) is 18.9 Å². The summed E-state index contributed by atoms with van der Waals surface area (Å²) in [6.45, 7) is 1.74. The zero-order valence-corrected chi connectivity index (χ0v) is 9.85. The summed E-state index contributed by atoms with van der Waals surface area (Å²) >= 11 is 0. The van der Waals surface area contributed by atoms with E-state index in [0.717, 1.165) is 31.9 Å². The van der Waals surface area contributed by atoms with Gasteiger partial charge in [0.15, 0.2) is 0 Å². The van der Waals surface area contributed by atoms with Crippen molar-refractivity contribution >= 4 is 18.1 Å². The van der Waals surface area contributed by atoms with Crippen LogP contribution >= 0.6 is 0 Å².